The molecule has 7 nitrogen and oxygen atoms in total. The molecule has 1 amide bonds. The van der Waals surface area contributed by atoms with Gasteiger partial charge in [-0.05, 0) is 30.7 Å². The number of fused-ring (bicyclic) bond motifs is 2. The molecule has 1 unspecified atom stereocenters. The summed E-state index contributed by atoms with van der Waals surface area (Å²) < 4.78 is 53.5. The first-order chi connectivity index (χ1) is 16.1. The summed E-state index contributed by atoms with van der Waals surface area (Å²) in [5.41, 5.74) is 6.61. The van der Waals surface area contributed by atoms with E-state index in [0.717, 1.165) is 6.07 Å². The number of carbonyl (C=O) groups excluding carboxylic acids is 1. The van der Waals surface area contributed by atoms with Crippen molar-refractivity contribution < 1.29 is 22.4 Å². The lowest BCUT2D eigenvalue weighted by molar-refractivity contribution is -0.134. The van der Waals surface area contributed by atoms with Gasteiger partial charge < -0.3 is 11.1 Å². The number of nitrogens with one attached hydrogen (secondary N) is 1. The Kier molecular flexibility index (Phi) is 4.81. The van der Waals surface area contributed by atoms with Crippen LogP contribution in [0.2, 0.25) is 0 Å². The molecule has 0 radical (unpaired) electrons. The van der Waals surface area contributed by atoms with Crippen molar-refractivity contribution in [2.75, 3.05) is 11.1 Å². The Morgan fingerprint density at radius 3 is 2.56 bits per heavy atom. The standard InChI is InChI=1S/C23H18F4N6O/c1-22(12-5-3-2-4-6-12)17-18(28)29-21(31-19(17)30-20(22)34)33-16-8-7-13(24)11-14(16)15(32-33)9-10-23(25,26)27/h2-8,11H,9-10H2,1H3,(H3,28,29,30,31,34). The second-order valence-corrected chi connectivity index (χ2v) is 8.21. The van der Waals surface area contributed by atoms with Gasteiger partial charge in [0.15, 0.2) is 0 Å². The number of aryl methyl sites for hydroxylation is 1. The van der Waals surface area contributed by atoms with E-state index in [-0.39, 0.29) is 34.6 Å². The van der Waals surface area contributed by atoms with Crippen LogP contribution in [0.25, 0.3) is 16.9 Å². The number of nitrogen functional groups attached to an aromatic ring is 1. The van der Waals surface area contributed by atoms with E-state index in [1.165, 1.54) is 16.8 Å². The Balaban J connectivity index is 1.65. The maximum Gasteiger partial charge on any atom is 0.389 e. The SMILES string of the molecule is CC1(c2ccccc2)C(=O)Nc2nc(-n3nc(CCC(F)(F)F)c4cc(F)ccc43)nc(N)c21. The predicted molar refractivity (Wildman–Crippen MR) is 117 cm³/mol. The Morgan fingerprint density at radius 1 is 1.12 bits per heavy atom. The lowest BCUT2D eigenvalue weighted by Crippen LogP contribution is -2.32. The number of carbonyl (C=O) groups is 1. The predicted octanol–water partition coefficient (Wildman–Crippen LogP) is 4.29. The highest BCUT2D eigenvalue weighted by atomic mass is 19.4. The third-order valence-corrected chi connectivity index (χ3v) is 6.02. The molecule has 0 saturated carbocycles. The van der Waals surface area contributed by atoms with Crippen LogP contribution in [-0.4, -0.2) is 31.8 Å². The van der Waals surface area contributed by atoms with Gasteiger partial charge >= 0.3 is 6.18 Å². The normalized spacial score (nSPS) is 17.7. The fourth-order valence-corrected chi connectivity index (χ4v) is 4.29. The molecular formula is C23H18F4N6O. The summed E-state index contributed by atoms with van der Waals surface area (Å²) in [4.78, 5) is 21.7. The Morgan fingerprint density at radius 2 is 1.85 bits per heavy atom. The molecule has 0 spiro atoms. The number of aromatic nitrogens is 4. The number of anilines is 2. The number of nitrogens with zero attached hydrogens (tertiary/aromatic N) is 4. The summed E-state index contributed by atoms with van der Waals surface area (Å²) >= 11 is 0. The molecule has 0 fully saturated rings. The van der Waals surface area contributed by atoms with Gasteiger partial charge in [0.25, 0.3) is 5.95 Å². The van der Waals surface area contributed by atoms with Crippen LogP contribution in [-0.2, 0) is 16.6 Å². The van der Waals surface area contributed by atoms with E-state index in [1.807, 2.05) is 6.07 Å². The van der Waals surface area contributed by atoms with Gasteiger partial charge in [-0.15, -0.1) is 0 Å². The number of amides is 1. The molecule has 0 aliphatic carbocycles. The third-order valence-electron chi connectivity index (χ3n) is 6.02. The van der Waals surface area contributed by atoms with Crippen molar-refractivity contribution in [1.82, 2.24) is 19.7 Å². The van der Waals surface area contributed by atoms with Crippen molar-refractivity contribution in [2.45, 2.75) is 31.4 Å². The summed E-state index contributed by atoms with van der Waals surface area (Å²) in [6, 6.07) is 12.7. The maximum atomic E-state index is 13.9. The second-order valence-electron chi connectivity index (χ2n) is 8.21. The molecular weight excluding hydrogens is 452 g/mol. The number of nitrogens with two attached hydrogens (primary N) is 1. The topological polar surface area (TPSA) is 98.7 Å². The first-order valence-electron chi connectivity index (χ1n) is 10.4. The van der Waals surface area contributed by atoms with Crippen molar-refractivity contribution in [1.29, 1.82) is 0 Å². The van der Waals surface area contributed by atoms with E-state index in [1.54, 1.807) is 31.2 Å². The fourth-order valence-electron chi connectivity index (χ4n) is 4.29. The minimum atomic E-state index is -4.40. The maximum absolute atomic E-state index is 13.9. The smallest absolute Gasteiger partial charge is 0.383 e. The molecule has 1 aliphatic heterocycles. The zero-order valence-electron chi connectivity index (χ0n) is 17.8. The van der Waals surface area contributed by atoms with E-state index < -0.39 is 30.3 Å². The average Bonchev–Trinajstić information content (AvgIpc) is 3.27. The second kappa shape index (κ2) is 7.51. The van der Waals surface area contributed by atoms with Gasteiger partial charge in [0, 0.05) is 18.2 Å². The highest BCUT2D eigenvalue weighted by Gasteiger charge is 2.47. The molecule has 3 heterocycles. The molecule has 2 aromatic carbocycles. The zero-order valence-corrected chi connectivity index (χ0v) is 17.8. The summed E-state index contributed by atoms with van der Waals surface area (Å²) in [6.45, 7) is 1.71. The van der Waals surface area contributed by atoms with Crippen molar-refractivity contribution in [3.63, 3.8) is 0 Å². The number of hydrogen-bond acceptors (Lipinski definition) is 5. The lowest BCUT2D eigenvalue weighted by Gasteiger charge is -2.23. The molecule has 2 aromatic heterocycles. The monoisotopic (exact) mass is 470 g/mol. The van der Waals surface area contributed by atoms with Gasteiger partial charge in [0.05, 0.1) is 16.8 Å². The number of benzene rings is 2. The van der Waals surface area contributed by atoms with Gasteiger partial charge in [-0.1, -0.05) is 30.3 Å². The highest BCUT2D eigenvalue weighted by molar-refractivity contribution is 6.09. The van der Waals surface area contributed by atoms with E-state index >= 15 is 0 Å². The largest absolute Gasteiger partial charge is 0.389 e. The molecule has 1 aliphatic rings. The number of rotatable bonds is 4. The molecule has 34 heavy (non-hydrogen) atoms. The van der Waals surface area contributed by atoms with Crippen LogP contribution in [0.15, 0.2) is 48.5 Å². The van der Waals surface area contributed by atoms with Crippen LogP contribution in [0.3, 0.4) is 0 Å². The average molecular weight is 470 g/mol. The van der Waals surface area contributed by atoms with E-state index in [9.17, 15) is 22.4 Å². The van der Waals surface area contributed by atoms with Crippen LogP contribution >= 0.6 is 0 Å². The summed E-state index contributed by atoms with van der Waals surface area (Å²) in [7, 11) is 0. The van der Waals surface area contributed by atoms with Crippen LogP contribution in [0.5, 0.6) is 0 Å². The van der Waals surface area contributed by atoms with Crippen LogP contribution in [0, 0.1) is 5.82 Å². The van der Waals surface area contributed by atoms with Crippen molar-refractivity contribution in [2.24, 2.45) is 0 Å². The van der Waals surface area contributed by atoms with Gasteiger partial charge in [-0.25, -0.2) is 4.39 Å². The Hall–Kier alpha value is -4.02. The molecule has 5 rings (SSSR count). The number of hydrogen-bond donors (Lipinski definition) is 2. The first-order valence-corrected chi connectivity index (χ1v) is 10.4. The van der Waals surface area contributed by atoms with Crippen molar-refractivity contribution >= 4 is 28.4 Å². The summed E-state index contributed by atoms with van der Waals surface area (Å²) in [5.74, 6) is -0.803. The van der Waals surface area contributed by atoms with Crippen LogP contribution in [0.1, 0.15) is 30.2 Å². The summed E-state index contributed by atoms with van der Waals surface area (Å²) in [6.07, 6.45) is -5.96. The highest BCUT2D eigenvalue weighted by Crippen LogP contribution is 2.44. The summed E-state index contributed by atoms with van der Waals surface area (Å²) in [5, 5.41) is 7.18. The van der Waals surface area contributed by atoms with Crippen molar-refractivity contribution in [3.8, 4) is 5.95 Å². The number of halogens is 4. The fraction of sp³-hybridized carbons (Fsp3) is 0.217. The van der Waals surface area contributed by atoms with Gasteiger partial charge in [0.2, 0.25) is 5.91 Å². The van der Waals surface area contributed by atoms with Crippen LogP contribution in [0.4, 0.5) is 29.2 Å². The van der Waals surface area contributed by atoms with E-state index in [0.29, 0.717) is 16.6 Å². The molecule has 174 valence electrons. The molecule has 0 bridgehead atoms. The molecule has 11 heteroatoms. The number of alkyl halides is 3. The molecule has 3 N–H and O–H groups in total. The van der Waals surface area contributed by atoms with Crippen LogP contribution < -0.4 is 11.1 Å². The minimum Gasteiger partial charge on any atom is -0.383 e. The van der Waals surface area contributed by atoms with Gasteiger partial charge in [-0.3, -0.25) is 4.79 Å². The van der Waals surface area contributed by atoms with Crippen molar-refractivity contribution in [3.05, 3.63) is 71.2 Å². The van der Waals surface area contributed by atoms with E-state index in [2.05, 4.69) is 20.4 Å². The van der Waals surface area contributed by atoms with Gasteiger partial charge in [-0.2, -0.15) is 32.9 Å². The first kappa shape index (κ1) is 21.8. The third kappa shape index (κ3) is 3.44. The Bertz CT molecular complexity index is 1430. The Labute approximate surface area is 190 Å². The lowest BCUT2D eigenvalue weighted by atomic mass is 9.78. The van der Waals surface area contributed by atoms with E-state index in [4.69, 9.17) is 5.73 Å². The van der Waals surface area contributed by atoms with Gasteiger partial charge in [0.1, 0.15) is 22.9 Å². The molecule has 1 atom stereocenters. The minimum absolute atomic E-state index is 0.0207. The molecule has 0 saturated heterocycles. The zero-order chi connectivity index (χ0) is 24.3. The quantitative estimate of drug-likeness (QED) is 0.434. The molecule has 4 aromatic rings.